The molecule has 0 aliphatic carbocycles. The molecule has 1 aromatic heterocycles. The number of hydrogen-bond acceptors (Lipinski definition) is 7. The predicted octanol–water partition coefficient (Wildman–Crippen LogP) is 0.0412. The van der Waals surface area contributed by atoms with Crippen molar-refractivity contribution < 1.29 is 23.1 Å². The van der Waals surface area contributed by atoms with Crippen LogP contribution in [0, 0.1) is 0 Å². The van der Waals surface area contributed by atoms with Crippen LogP contribution in [0.5, 0.6) is 5.75 Å². The molecule has 0 spiro atoms. The van der Waals surface area contributed by atoms with Crippen LogP contribution in [0.15, 0.2) is 48.7 Å². The molecule has 2 aliphatic heterocycles. The average Bonchev–Trinajstić information content (AvgIpc) is 3.31. The Kier molecular flexibility index (Phi) is 5.78. The molecule has 3 heterocycles. The Bertz CT molecular complexity index is 1070. The molecular formula is C21H24N4O5S. The predicted molar refractivity (Wildman–Crippen MR) is 112 cm³/mol. The normalized spacial score (nSPS) is 22.5. The molecule has 0 radical (unpaired) electrons. The first-order chi connectivity index (χ1) is 14.8. The zero-order valence-electron chi connectivity index (χ0n) is 16.8. The lowest BCUT2D eigenvalue weighted by Gasteiger charge is -2.26. The molecule has 1 aromatic carbocycles. The summed E-state index contributed by atoms with van der Waals surface area (Å²) in [6, 6.07) is 9.18. The van der Waals surface area contributed by atoms with Crippen molar-refractivity contribution in [2.45, 2.75) is 36.7 Å². The Labute approximate surface area is 180 Å². The van der Waals surface area contributed by atoms with Gasteiger partial charge in [-0.05, 0) is 42.7 Å². The minimum absolute atomic E-state index is 0.120. The number of benzene rings is 1. The summed E-state index contributed by atoms with van der Waals surface area (Å²) in [6.45, 7) is 0.0280. The number of rotatable bonds is 6. The van der Waals surface area contributed by atoms with Crippen molar-refractivity contribution >= 4 is 21.7 Å². The molecule has 9 nitrogen and oxygen atoms in total. The van der Waals surface area contributed by atoms with Gasteiger partial charge in [-0.3, -0.25) is 14.6 Å². The Morgan fingerprint density at radius 3 is 2.65 bits per heavy atom. The molecule has 3 N–H and O–H groups in total. The van der Waals surface area contributed by atoms with Gasteiger partial charge in [0.25, 0.3) is 0 Å². The first-order valence-electron chi connectivity index (χ1n) is 10.0. The monoisotopic (exact) mass is 444 g/mol. The summed E-state index contributed by atoms with van der Waals surface area (Å²) in [5.41, 5.74) is 7.30. The molecule has 10 heteroatoms. The lowest BCUT2D eigenvalue weighted by molar-refractivity contribution is -0.137. The molecule has 0 saturated carbocycles. The van der Waals surface area contributed by atoms with E-state index in [1.165, 1.54) is 27.5 Å². The van der Waals surface area contributed by atoms with Gasteiger partial charge >= 0.3 is 0 Å². The fraction of sp³-hybridized carbons (Fsp3) is 0.381. The largest absolute Gasteiger partial charge is 0.508 e. The smallest absolute Gasteiger partial charge is 0.240 e. The molecule has 3 atom stereocenters. The van der Waals surface area contributed by atoms with E-state index >= 15 is 0 Å². The number of carbonyl (C=O) groups is 2. The molecule has 164 valence electrons. The second kappa shape index (κ2) is 8.37. The molecule has 2 fully saturated rings. The van der Waals surface area contributed by atoms with Crippen LogP contribution in [0.25, 0.3) is 0 Å². The van der Waals surface area contributed by atoms with E-state index in [1.807, 2.05) is 0 Å². The van der Waals surface area contributed by atoms with E-state index in [1.54, 1.807) is 30.3 Å². The number of phenolic OH excluding ortho intramolecular Hbond substituents is 1. The first-order valence-corrected chi connectivity index (χ1v) is 11.6. The zero-order valence-corrected chi connectivity index (χ0v) is 17.6. The third-order valence-corrected chi connectivity index (χ3v) is 7.56. The third kappa shape index (κ3) is 4.32. The number of ketones is 1. The van der Waals surface area contributed by atoms with Crippen LogP contribution in [0.4, 0.5) is 0 Å². The Morgan fingerprint density at radius 2 is 1.97 bits per heavy atom. The number of pyridine rings is 1. The van der Waals surface area contributed by atoms with Gasteiger partial charge in [0.2, 0.25) is 15.9 Å². The van der Waals surface area contributed by atoms with E-state index < -0.39 is 28.1 Å². The van der Waals surface area contributed by atoms with Crippen molar-refractivity contribution in [2.75, 3.05) is 13.1 Å². The molecule has 4 rings (SSSR count). The minimum atomic E-state index is -3.77. The van der Waals surface area contributed by atoms with Gasteiger partial charge in [0.1, 0.15) is 17.5 Å². The quantitative estimate of drug-likeness (QED) is 0.642. The topological polar surface area (TPSA) is 134 Å². The van der Waals surface area contributed by atoms with E-state index in [9.17, 15) is 23.1 Å². The van der Waals surface area contributed by atoms with Gasteiger partial charge in [0.05, 0.1) is 24.3 Å². The van der Waals surface area contributed by atoms with Gasteiger partial charge < -0.3 is 15.7 Å². The molecule has 3 unspecified atom stereocenters. The fourth-order valence-corrected chi connectivity index (χ4v) is 5.99. The summed E-state index contributed by atoms with van der Waals surface area (Å²) in [6.07, 6.45) is 2.16. The highest BCUT2D eigenvalue weighted by Gasteiger charge is 2.53. The van der Waals surface area contributed by atoms with E-state index in [4.69, 9.17) is 5.73 Å². The van der Waals surface area contributed by atoms with Crippen LogP contribution in [-0.2, 0) is 31.8 Å². The highest BCUT2D eigenvalue weighted by Crippen LogP contribution is 2.33. The molecule has 1 amide bonds. The van der Waals surface area contributed by atoms with Crippen LogP contribution in [0.3, 0.4) is 0 Å². The second-order valence-electron chi connectivity index (χ2n) is 7.90. The average molecular weight is 445 g/mol. The summed E-state index contributed by atoms with van der Waals surface area (Å²) >= 11 is 0. The van der Waals surface area contributed by atoms with Gasteiger partial charge in [0.15, 0.2) is 5.78 Å². The lowest BCUT2D eigenvalue weighted by atomic mass is 10.0. The standard InChI is InChI=1S/C21H24N4O5S/c22-17(11-14-4-6-16(26)7-5-14)21(28)24-10-8-18-20(24)19(27)12-25(18)31(29,30)13-15-3-1-2-9-23-15/h1-7,9,17-18,20,26H,8,10-13,22H2. The fourth-order valence-electron chi connectivity index (χ4n) is 4.32. The highest BCUT2D eigenvalue weighted by atomic mass is 32.2. The molecule has 2 aliphatic rings. The number of hydrogen-bond donors (Lipinski definition) is 2. The number of nitrogens with two attached hydrogens (primary N) is 1. The van der Waals surface area contributed by atoms with Crippen molar-refractivity contribution in [3.05, 3.63) is 59.9 Å². The van der Waals surface area contributed by atoms with Crippen molar-refractivity contribution in [1.82, 2.24) is 14.2 Å². The number of amides is 1. The summed E-state index contributed by atoms with van der Waals surface area (Å²) in [5.74, 6) is -0.844. The third-order valence-electron chi connectivity index (χ3n) is 5.78. The highest BCUT2D eigenvalue weighted by molar-refractivity contribution is 7.88. The zero-order chi connectivity index (χ0) is 22.2. The van der Waals surface area contributed by atoms with Crippen molar-refractivity contribution in [3.8, 4) is 5.75 Å². The van der Waals surface area contributed by atoms with E-state index in [-0.39, 0.29) is 42.7 Å². The number of Topliss-reactive ketones (excluding diaryl/α,β-unsaturated/α-hetero) is 1. The number of phenols is 1. The molecule has 31 heavy (non-hydrogen) atoms. The van der Waals surface area contributed by atoms with Crippen LogP contribution in [0.1, 0.15) is 17.7 Å². The first kappa shape index (κ1) is 21.4. The van der Waals surface area contributed by atoms with Gasteiger partial charge in [-0.25, -0.2) is 8.42 Å². The van der Waals surface area contributed by atoms with Gasteiger partial charge in [-0.15, -0.1) is 0 Å². The number of likely N-dealkylation sites (tertiary alicyclic amines) is 1. The lowest BCUT2D eigenvalue weighted by Crippen LogP contribution is -2.50. The second-order valence-corrected chi connectivity index (χ2v) is 9.82. The van der Waals surface area contributed by atoms with E-state index in [0.717, 1.165) is 5.56 Å². The van der Waals surface area contributed by atoms with Gasteiger partial charge in [-0.2, -0.15) is 4.31 Å². The minimum Gasteiger partial charge on any atom is -0.508 e. The number of nitrogens with zero attached hydrogens (tertiary/aromatic N) is 3. The Balaban J connectivity index is 1.47. The number of carbonyl (C=O) groups excluding carboxylic acids is 2. The van der Waals surface area contributed by atoms with Gasteiger partial charge in [0, 0.05) is 12.7 Å². The van der Waals surface area contributed by atoms with Gasteiger partial charge in [-0.1, -0.05) is 18.2 Å². The van der Waals surface area contributed by atoms with Crippen molar-refractivity contribution in [3.63, 3.8) is 0 Å². The summed E-state index contributed by atoms with van der Waals surface area (Å²) in [7, 11) is -3.77. The van der Waals surface area contributed by atoms with Crippen molar-refractivity contribution in [1.29, 1.82) is 0 Å². The Morgan fingerprint density at radius 1 is 1.23 bits per heavy atom. The number of fused-ring (bicyclic) bond motifs is 1. The molecular weight excluding hydrogens is 420 g/mol. The summed E-state index contributed by atoms with van der Waals surface area (Å²) in [5, 5.41) is 9.39. The SMILES string of the molecule is NC(Cc1ccc(O)cc1)C(=O)N1CCC2C1C(=O)CN2S(=O)(=O)Cc1ccccn1. The van der Waals surface area contributed by atoms with Crippen LogP contribution >= 0.6 is 0 Å². The van der Waals surface area contributed by atoms with E-state index in [2.05, 4.69) is 4.98 Å². The molecule has 2 aromatic rings. The summed E-state index contributed by atoms with van der Waals surface area (Å²) in [4.78, 5) is 31.2. The molecule has 2 saturated heterocycles. The maximum Gasteiger partial charge on any atom is 0.240 e. The maximum absolute atomic E-state index is 13.0. The number of aromatic nitrogens is 1. The summed E-state index contributed by atoms with van der Waals surface area (Å²) < 4.78 is 27.1. The van der Waals surface area contributed by atoms with E-state index in [0.29, 0.717) is 12.1 Å². The number of sulfonamides is 1. The van der Waals surface area contributed by atoms with Crippen LogP contribution < -0.4 is 5.73 Å². The van der Waals surface area contributed by atoms with Crippen LogP contribution in [0.2, 0.25) is 0 Å². The Hall–Kier alpha value is -2.82. The van der Waals surface area contributed by atoms with Crippen molar-refractivity contribution in [2.24, 2.45) is 5.73 Å². The van der Waals surface area contributed by atoms with Crippen LogP contribution in [-0.4, -0.2) is 70.6 Å². The number of aromatic hydroxyl groups is 1. The maximum atomic E-state index is 13.0. The molecule has 0 bridgehead atoms.